The van der Waals surface area contributed by atoms with Gasteiger partial charge in [-0.3, -0.25) is 4.79 Å². The first kappa shape index (κ1) is 17.2. The van der Waals surface area contributed by atoms with Crippen molar-refractivity contribution in [3.63, 3.8) is 0 Å². The number of nitriles is 1. The summed E-state index contributed by atoms with van der Waals surface area (Å²) in [5.74, 6) is -0.298. The zero-order valence-electron chi connectivity index (χ0n) is 14.6. The molecule has 0 unspecified atom stereocenters. The molecule has 26 heavy (non-hydrogen) atoms. The number of anilines is 3. The second-order valence-electron chi connectivity index (χ2n) is 6.02. The number of nitrogens with zero attached hydrogens (tertiary/aromatic N) is 2. The highest BCUT2D eigenvalue weighted by atomic mass is 16.1. The molecule has 2 aromatic carbocycles. The van der Waals surface area contributed by atoms with Gasteiger partial charge in [-0.25, -0.2) is 4.98 Å². The molecule has 0 radical (unpaired) electrons. The average Bonchev–Trinajstić information content (AvgIpc) is 2.66. The summed E-state index contributed by atoms with van der Waals surface area (Å²) >= 11 is 0. The number of carbonyl (C=O) groups excluding carboxylic acids is 1. The van der Waals surface area contributed by atoms with Crippen molar-refractivity contribution in [2.75, 3.05) is 10.6 Å². The van der Waals surface area contributed by atoms with Crippen LogP contribution in [0.5, 0.6) is 0 Å². The number of hydrogen-bond donors (Lipinski definition) is 2. The van der Waals surface area contributed by atoms with Crippen LogP contribution in [0.2, 0.25) is 0 Å². The molecular formula is C21H18N4O. The van der Waals surface area contributed by atoms with E-state index < -0.39 is 0 Å². The standard InChI is InChI=1S/C21H18N4O/c1-14-3-4-15(2)20(11-14)24-18-9-10-19(23-13-18)21(26)25-17-7-5-16(12-22)6-8-17/h3-11,13,24H,1-2H3,(H,25,26). The normalized spacial score (nSPS) is 10.0. The molecular weight excluding hydrogens is 324 g/mol. The van der Waals surface area contributed by atoms with Crippen LogP contribution in [0.25, 0.3) is 0 Å². The van der Waals surface area contributed by atoms with Gasteiger partial charge in [0.1, 0.15) is 5.69 Å². The predicted octanol–water partition coefficient (Wildman–Crippen LogP) is 4.57. The molecule has 0 saturated carbocycles. The van der Waals surface area contributed by atoms with Gasteiger partial charge in [0, 0.05) is 11.4 Å². The molecule has 0 aliphatic rings. The van der Waals surface area contributed by atoms with E-state index in [1.54, 1.807) is 36.5 Å². The largest absolute Gasteiger partial charge is 0.354 e. The van der Waals surface area contributed by atoms with E-state index in [4.69, 9.17) is 5.26 Å². The van der Waals surface area contributed by atoms with Crippen LogP contribution in [0.3, 0.4) is 0 Å². The Morgan fingerprint density at radius 3 is 2.38 bits per heavy atom. The Balaban J connectivity index is 1.69. The van der Waals surface area contributed by atoms with Crippen LogP contribution in [0, 0.1) is 25.2 Å². The number of pyridine rings is 1. The Morgan fingerprint density at radius 1 is 1.00 bits per heavy atom. The summed E-state index contributed by atoms with van der Waals surface area (Å²) < 4.78 is 0. The summed E-state index contributed by atoms with van der Waals surface area (Å²) in [4.78, 5) is 16.5. The van der Waals surface area contributed by atoms with Gasteiger partial charge in [0.05, 0.1) is 23.5 Å². The maximum atomic E-state index is 12.3. The Morgan fingerprint density at radius 2 is 1.73 bits per heavy atom. The molecule has 3 aromatic rings. The minimum absolute atomic E-state index is 0.298. The monoisotopic (exact) mass is 342 g/mol. The highest BCUT2D eigenvalue weighted by Crippen LogP contribution is 2.21. The van der Waals surface area contributed by atoms with Crippen LogP contribution in [-0.2, 0) is 0 Å². The number of aryl methyl sites for hydroxylation is 2. The lowest BCUT2D eigenvalue weighted by Gasteiger charge is -2.11. The molecule has 128 valence electrons. The molecule has 0 saturated heterocycles. The van der Waals surface area contributed by atoms with E-state index >= 15 is 0 Å². The van der Waals surface area contributed by atoms with Crippen LogP contribution in [0.4, 0.5) is 17.1 Å². The third kappa shape index (κ3) is 4.05. The molecule has 2 N–H and O–H groups in total. The number of rotatable bonds is 4. The summed E-state index contributed by atoms with van der Waals surface area (Å²) in [6.45, 7) is 4.08. The van der Waals surface area contributed by atoms with Gasteiger partial charge in [-0.1, -0.05) is 12.1 Å². The molecule has 3 rings (SSSR count). The number of nitrogens with one attached hydrogen (secondary N) is 2. The first-order chi connectivity index (χ1) is 12.5. The van der Waals surface area contributed by atoms with Crippen LogP contribution >= 0.6 is 0 Å². The fourth-order valence-corrected chi connectivity index (χ4v) is 2.45. The number of benzene rings is 2. The molecule has 5 nitrogen and oxygen atoms in total. The summed E-state index contributed by atoms with van der Waals surface area (Å²) in [6.07, 6.45) is 1.63. The van der Waals surface area contributed by atoms with Gasteiger partial charge >= 0.3 is 0 Å². The lowest BCUT2D eigenvalue weighted by atomic mass is 10.1. The predicted molar refractivity (Wildman–Crippen MR) is 103 cm³/mol. The molecule has 1 heterocycles. The van der Waals surface area contributed by atoms with E-state index in [-0.39, 0.29) is 5.91 Å². The maximum Gasteiger partial charge on any atom is 0.274 e. The summed E-state index contributed by atoms with van der Waals surface area (Å²) in [5, 5.41) is 14.9. The van der Waals surface area contributed by atoms with Crippen molar-refractivity contribution in [1.82, 2.24) is 4.98 Å². The second-order valence-corrected chi connectivity index (χ2v) is 6.02. The maximum absolute atomic E-state index is 12.3. The van der Waals surface area contributed by atoms with Crippen LogP contribution in [-0.4, -0.2) is 10.9 Å². The van der Waals surface area contributed by atoms with Crippen molar-refractivity contribution in [2.45, 2.75) is 13.8 Å². The average molecular weight is 342 g/mol. The molecule has 0 aliphatic heterocycles. The van der Waals surface area contributed by atoms with Crippen molar-refractivity contribution >= 4 is 23.0 Å². The number of amides is 1. The quantitative estimate of drug-likeness (QED) is 0.728. The van der Waals surface area contributed by atoms with Crippen LogP contribution < -0.4 is 10.6 Å². The molecule has 0 fully saturated rings. The summed E-state index contributed by atoms with van der Waals surface area (Å²) in [5.41, 5.74) is 5.62. The lowest BCUT2D eigenvalue weighted by Crippen LogP contribution is -2.13. The Kier molecular flexibility index (Phi) is 4.95. The molecule has 0 atom stereocenters. The van der Waals surface area contributed by atoms with E-state index in [0.717, 1.165) is 16.9 Å². The summed E-state index contributed by atoms with van der Waals surface area (Å²) in [7, 11) is 0. The number of carbonyl (C=O) groups is 1. The topological polar surface area (TPSA) is 77.8 Å². The fourth-order valence-electron chi connectivity index (χ4n) is 2.45. The van der Waals surface area contributed by atoms with Gasteiger partial charge in [-0.05, 0) is 67.4 Å². The van der Waals surface area contributed by atoms with E-state index in [2.05, 4.69) is 33.8 Å². The van der Waals surface area contributed by atoms with Gasteiger partial charge in [0.2, 0.25) is 0 Å². The van der Waals surface area contributed by atoms with E-state index in [0.29, 0.717) is 16.9 Å². The van der Waals surface area contributed by atoms with Gasteiger partial charge in [-0.2, -0.15) is 5.26 Å². The Hall–Kier alpha value is -3.65. The third-order valence-electron chi connectivity index (χ3n) is 3.94. The van der Waals surface area contributed by atoms with Crippen molar-refractivity contribution in [3.8, 4) is 6.07 Å². The highest BCUT2D eigenvalue weighted by Gasteiger charge is 2.08. The van der Waals surface area contributed by atoms with Gasteiger partial charge in [0.15, 0.2) is 0 Å². The first-order valence-corrected chi connectivity index (χ1v) is 8.17. The molecule has 1 amide bonds. The van der Waals surface area contributed by atoms with E-state index in [1.807, 2.05) is 26.0 Å². The van der Waals surface area contributed by atoms with Crippen LogP contribution in [0.15, 0.2) is 60.8 Å². The smallest absolute Gasteiger partial charge is 0.274 e. The minimum atomic E-state index is -0.298. The zero-order valence-corrected chi connectivity index (χ0v) is 14.6. The molecule has 0 aliphatic carbocycles. The minimum Gasteiger partial charge on any atom is -0.354 e. The highest BCUT2D eigenvalue weighted by molar-refractivity contribution is 6.03. The first-order valence-electron chi connectivity index (χ1n) is 8.17. The molecule has 0 spiro atoms. The molecule has 5 heteroatoms. The van der Waals surface area contributed by atoms with E-state index in [9.17, 15) is 4.79 Å². The third-order valence-corrected chi connectivity index (χ3v) is 3.94. The molecule has 0 bridgehead atoms. The second kappa shape index (κ2) is 7.49. The number of hydrogen-bond acceptors (Lipinski definition) is 4. The van der Waals surface area contributed by atoms with Crippen molar-refractivity contribution in [3.05, 3.63) is 83.2 Å². The van der Waals surface area contributed by atoms with Gasteiger partial charge in [0.25, 0.3) is 5.91 Å². The van der Waals surface area contributed by atoms with Crippen molar-refractivity contribution in [2.24, 2.45) is 0 Å². The van der Waals surface area contributed by atoms with Crippen LogP contribution in [0.1, 0.15) is 27.2 Å². The van der Waals surface area contributed by atoms with E-state index in [1.165, 1.54) is 5.56 Å². The fraction of sp³-hybridized carbons (Fsp3) is 0.0952. The van der Waals surface area contributed by atoms with Crippen molar-refractivity contribution in [1.29, 1.82) is 5.26 Å². The molecule has 1 aromatic heterocycles. The van der Waals surface area contributed by atoms with Crippen molar-refractivity contribution < 1.29 is 4.79 Å². The zero-order chi connectivity index (χ0) is 18.5. The van der Waals surface area contributed by atoms with Gasteiger partial charge < -0.3 is 10.6 Å². The Bertz CT molecular complexity index is 970. The summed E-state index contributed by atoms with van der Waals surface area (Å²) in [6, 6.07) is 18.4. The Labute approximate surface area is 152 Å². The SMILES string of the molecule is Cc1ccc(C)c(Nc2ccc(C(=O)Nc3ccc(C#N)cc3)nc2)c1. The number of aromatic nitrogens is 1. The lowest BCUT2D eigenvalue weighted by molar-refractivity contribution is 0.102. The van der Waals surface area contributed by atoms with Gasteiger partial charge in [-0.15, -0.1) is 0 Å².